The highest BCUT2D eigenvalue weighted by Gasteiger charge is 2.10. The van der Waals surface area contributed by atoms with Crippen molar-refractivity contribution in [2.24, 2.45) is 11.5 Å². The molecule has 0 saturated carbocycles. The number of ether oxygens (including phenoxy) is 5. The number of nitrogens with two attached hydrogens (primary N) is 2. The highest BCUT2D eigenvalue weighted by Crippen LogP contribution is 2.01. The van der Waals surface area contributed by atoms with Gasteiger partial charge in [0.05, 0.1) is 64.6 Å². The van der Waals surface area contributed by atoms with Crippen molar-refractivity contribution in [3.63, 3.8) is 0 Å². The van der Waals surface area contributed by atoms with E-state index in [2.05, 4.69) is 0 Å². The van der Waals surface area contributed by atoms with Gasteiger partial charge in [-0.2, -0.15) is 0 Å². The van der Waals surface area contributed by atoms with Crippen molar-refractivity contribution >= 4 is 0 Å². The molecule has 24 heavy (non-hydrogen) atoms. The molecule has 5 atom stereocenters. The molecule has 0 spiro atoms. The van der Waals surface area contributed by atoms with Crippen molar-refractivity contribution in [1.82, 2.24) is 0 Å². The molecule has 0 radical (unpaired) electrons. The fourth-order valence-corrected chi connectivity index (χ4v) is 1.74. The molecule has 0 aromatic carbocycles. The molecule has 0 heterocycles. The normalized spacial score (nSPS) is 18.1. The molecular formula is C17H38N2O5. The van der Waals surface area contributed by atoms with Gasteiger partial charge in [0.1, 0.15) is 0 Å². The monoisotopic (exact) mass is 350 g/mol. The van der Waals surface area contributed by atoms with E-state index < -0.39 is 0 Å². The van der Waals surface area contributed by atoms with Crippen LogP contribution in [0, 0.1) is 0 Å². The molecule has 7 heteroatoms. The van der Waals surface area contributed by atoms with Crippen LogP contribution in [-0.2, 0) is 23.7 Å². The zero-order valence-electron chi connectivity index (χ0n) is 16.0. The first-order valence-electron chi connectivity index (χ1n) is 8.82. The summed E-state index contributed by atoms with van der Waals surface area (Å²) in [4.78, 5) is 0. The SMILES string of the molecule is CC(N)COCCOC(C)COC(C)COC(C)COCC(C)N. The van der Waals surface area contributed by atoms with E-state index in [-0.39, 0.29) is 30.4 Å². The third-order valence-corrected chi connectivity index (χ3v) is 2.97. The largest absolute Gasteiger partial charge is 0.377 e. The summed E-state index contributed by atoms with van der Waals surface area (Å²) in [7, 11) is 0. The van der Waals surface area contributed by atoms with Gasteiger partial charge in [0.2, 0.25) is 0 Å². The van der Waals surface area contributed by atoms with Gasteiger partial charge in [-0.3, -0.25) is 0 Å². The Balaban J connectivity index is 3.54. The lowest BCUT2D eigenvalue weighted by atomic mass is 10.3. The number of hydrogen-bond acceptors (Lipinski definition) is 7. The highest BCUT2D eigenvalue weighted by molar-refractivity contribution is 4.56. The topological polar surface area (TPSA) is 98.2 Å². The molecular weight excluding hydrogens is 312 g/mol. The van der Waals surface area contributed by atoms with Crippen LogP contribution in [0.25, 0.3) is 0 Å². The molecule has 0 amide bonds. The van der Waals surface area contributed by atoms with Crippen LogP contribution in [0.1, 0.15) is 34.6 Å². The summed E-state index contributed by atoms with van der Waals surface area (Å²) in [5, 5.41) is 0. The third-order valence-electron chi connectivity index (χ3n) is 2.97. The van der Waals surface area contributed by atoms with E-state index in [0.29, 0.717) is 46.2 Å². The Labute approximate surface area is 147 Å². The first-order valence-corrected chi connectivity index (χ1v) is 8.82. The van der Waals surface area contributed by atoms with Crippen LogP contribution in [0.4, 0.5) is 0 Å². The van der Waals surface area contributed by atoms with Crippen molar-refractivity contribution in [3.8, 4) is 0 Å². The quantitative estimate of drug-likeness (QED) is 0.400. The highest BCUT2D eigenvalue weighted by atomic mass is 16.6. The van der Waals surface area contributed by atoms with Gasteiger partial charge in [-0.15, -0.1) is 0 Å². The Hall–Kier alpha value is -0.280. The number of rotatable bonds is 16. The van der Waals surface area contributed by atoms with Crippen molar-refractivity contribution in [3.05, 3.63) is 0 Å². The zero-order valence-corrected chi connectivity index (χ0v) is 16.0. The second-order valence-electron chi connectivity index (χ2n) is 6.54. The Bertz CT molecular complexity index is 280. The predicted molar refractivity (Wildman–Crippen MR) is 95.2 cm³/mol. The molecule has 0 aliphatic heterocycles. The summed E-state index contributed by atoms with van der Waals surface area (Å²) in [5.74, 6) is 0. The van der Waals surface area contributed by atoms with E-state index in [1.807, 2.05) is 34.6 Å². The first-order chi connectivity index (χ1) is 11.3. The molecule has 0 aromatic heterocycles. The second-order valence-corrected chi connectivity index (χ2v) is 6.54. The van der Waals surface area contributed by atoms with Crippen LogP contribution in [0.3, 0.4) is 0 Å². The van der Waals surface area contributed by atoms with Crippen LogP contribution >= 0.6 is 0 Å². The van der Waals surface area contributed by atoms with Crippen molar-refractivity contribution in [2.75, 3.05) is 46.2 Å². The van der Waals surface area contributed by atoms with Gasteiger partial charge in [-0.1, -0.05) is 0 Å². The van der Waals surface area contributed by atoms with E-state index in [0.717, 1.165) is 0 Å². The van der Waals surface area contributed by atoms with E-state index in [9.17, 15) is 0 Å². The summed E-state index contributed by atoms with van der Waals surface area (Å²) in [6, 6.07) is 0.100. The van der Waals surface area contributed by atoms with Crippen molar-refractivity contribution in [1.29, 1.82) is 0 Å². The van der Waals surface area contributed by atoms with Crippen molar-refractivity contribution < 1.29 is 23.7 Å². The van der Waals surface area contributed by atoms with Gasteiger partial charge in [0.25, 0.3) is 0 Å². The first kappa shape index (κ1) is 23.7. The van der Waals surface area contributed by atoms with Gasteiger partial charge >= 0.3 is 0 Å². The summed E-state index contributed by atoms with van der Waals surface area (Å²) in [5.41, 5.74) is 11.2. The molecule has 0 aromatic rings. The average molecular weight is 351 g/mol. The minimum atomic E-state index is 0.00118. The van der Waals surface area contributed by atoms with Gasteiger partial charge in [-0.05, 0) is 34.6 Å². The fraction of sp³-hybridized carbons (Fsp3) is 1.00. The van der Waals surface area contributed by atoms with Gasteiger partial charge < -0.3 is 35.2 Å². The summed E-state index contributed by atoms with van der Waals surface area (Å²) >= 11 is 0. The maximum absolute atomic E-state index is 5.72. The molecule has 4 N–H and O–H groups in total. The lowest BCUT2D eigenvalue weighted by Crippen LogP contribution is -2.29. The lowest BCUT2D eigenvalue weighted by Gasteiger charge is -2.20. The molecule has 5 unspecified atom stereocenters. The van der Waals surface area contributed by atoms with E-state index in [1.54, 1.807) is 0 Å². The molecule has 0 aliphatic rings. The van der Waals surface area contributed by atoms with Gasteiger partial charge in [0, 0.05) is 12.1 Å². The molecule has 0 aliphatic carbocycles. The Morgan fingerprint density at radius 3 is 1.54 bits per heavy atom. The Morgan fingerprint density at radius 1 is 0.542 bits per heavy atom. The summed E-state index contributed by atoms with van der Waals surface area (Å²) in [6.45, 7) is 13.5. The van der Waals surface area contributed by atoms with Gasteiger partial charge in [-0.25, -0.2) is 0 Å². The van der Waals surface area contributed by atoms with Gasteiger partial charge in [0.15, 0.2) is 0 Å². The van der Waals surface area contributed by atoms with Crippen LogP contribution in [0.15, 0.2) is 0 Å². The summed E-state index contributed by atoms with van der Waals surface area (Å²) < 4.78 is 27.8. The standard InChI is InChI=1S/C17H38N2O5/c1-13(18)8-20-6-7-22-16(4)11-24-17(5)12-23-15(3)10-21-9-14(2)19/h13-17H,6-12,18-19H2,1-5H3. The van der Waals surface area contributed by atoms with Crippen LogP contribution < -0.4 is 11.5 Å². The summed E-state index contributed by atoms with van der Waals surface area (Å²) in [6.07, 6.45) is 0.0324. The van der Waals surface area contributed by atoms with E-state index in [4.69, 9.17) is 35.2 Å². The average Bonchev–Trinajstić information content (AvgIpc) is 2.49. The molecule has 0 bridgehead atoms. The molecule has 0 fully saturated rings. The predicted octanol–water partition coefficient (Wildman–Crippen LogP) is 0.929. The maximum atomic E-state index is 5.72. The van der Waals surface area contributed by atoms with E-state index >= 15 is 0 Å². The van der Waals surface area contributed by atoms with Crippen molar-refractivity contribution in [2.45, 2.75) is 65.0 Å². The second kappa shape index (κ2) is 15.0. The molecule has 0 rings (SSSR count). The van der Waals surface area contributed by atoms with Crippen LogP contribution in [0.2, 0.25) is 0 Å². The third kappa shape index (κ3) is 16.6. The molecule has 0 saturated heterocycles. The Morgan fingerprint density at radius 2 is 1.00 bits per heavy atom. The lowest BCUT2D eigenvalue weighted by molar-refractivity contribution is -0.0846. The van der Waals surface area contributed by atoms with Crippen LogP contribution in [0.5, 0.6) is 0 Å². The van der Waals surface area contributed by atoms with E-state index in [1.165, 1.54) is 0 Å². The van der Waals surface area contributed by atoms with Crippen LogP contribution in [-0.4, -0.2) is 76.6 Å². The smallest absolute Gasteiger partial charge is 0.0781 e. The minimum absolute atomic E-state index is 0.00118. The Kier molecular flexibility index (Phi) is 14.8. The molecule has 7 nitrogen and oxygen atoms in total. The molecule has 146 valence electrons. The minimum Gasteiger partial charge on any atom is -0.377 e. The fourth-order valence-electron chi connectivity index (χ4n) is 1.74. The zero-order chi connectivity index (χ0) is 18.4. The maximum Gasteiger partial charge on any atom is 0.0781 e. The number of hydrogen-bond donors (Lipinski definition) is 2.